The van der Waals surface area contributed by atoms with E-state index in [1.807, 2.05) is 0 Å². The number of Topliss-reactive ketones (excluding diaryl/α,β-unsaturated/α-hetero) is 1. The van der Waals surface area contributed by atoms with Crippen molar-refractivity contribution in [1.29, 1.82) is 0 Å². The Labute approximate surface area is 121 Å². The van der Waals surface area contributed by atoms with Crippen molar-refractivity contribution in [3.63, 3.8) is 0 Å². The average molecular weight is 347 g/mol. The highest BCUT2D eigenvalue weighted by Gasteiger charge is 2.50. The number of rotatable bonds is 2. The van der Waals surface area contributed by atoms with Crippen molar-refractivity contribution in [1.82, 2.24) is 0 Å². The summed E-state index contributed by atoms with van der Waals surface area (Å²) in [5, 5.41) is 0. The molecule has 0 bridgehead atoms. The molecule has 6 heteroatoms. The first kappa shape index (κ1) is 14.7. The number of carbonyl (C=O) groups excluding carboxylic acids is 1. The topological polar surface area (TPSA) is 60.4 Å². The van der Waals surface area contributed by atoms with E-state index in [4.69, 9.17) is 4.74 Å². The number of halogens is 1. The molecule has 1 saturated heterocycles. The van der Waals surface area contributed by atoms with Gasteiger partial charge in [-0.2, -0.15) is 0 Å². The molecule has 1 aromatic rings. The summed E-state index contributed by atoms with van der Waals surface area (Å²) in [6, 6.07) is 6.37. The molecule has 1 heterocycles. The second-order valence-electron chi connectivity index (χ2n) is 5.24. The van der Waals surface area contributed by atoms with Gasteiger partial charge in [0.1, 0.15) is 5.60 Å². The average Bonchev–Trinajstić information content (AvgIpc) is 2.48. The Morgan fingerprint density at radius 3 is 2.11 bits per heavy atom. The van der Waals surface area contributed by atoms with Crippen LogP contribution in [0.2, 0.25) is 0 Å². The van der Waals surface area contributed by atoms with Crippen molar-refractivity contribution in [2.45, 2.75) is 35.3 Å². The maximum absolute atomic E-state index is 11.9. The Balaban J connectivity index is 2.36. The Morgan fingerprint density at radius 2 is 1.74 bits per heavy atom. The second-order valence-corrected chi connectivity index (χ2v) is 8.53. The van der Waals surface area contributed by atoms with Crippen LogP contribution in [-0.2, 0) is 23.9 Å². The predicted octanol–water partition coefficient (Wildman–Crippen LogP) is 2.41. The second kappa shape index (κ2) is 4.40. The molecule has 1 aliphatic rings. The third-order valence-electron chi connectivity index (χ3n) is 3.19. The Kier molecular flexibility index (Phi) is 3.40. The largest absolute Gasteiger partial charge is 0.345 e. The lowest BCUT2D eigenvalue weighted by atomic mass is 10.0. The van der Waals surface area contributed by atoms with E-state index in [0.717, 1.165) is 11.8 Å². The van der Waals surface area contributed by atoms with Gasteiger partial charge in [0, 0.05) is 6.26 Å². The third kappa shape index (κ3) is 2.75. The van der Waals surface area contributed by atoms with Crippen molar-refractivity contribution in [3.8, 4) is 0 Å². The molecule has 0 N–H and O–H groups in total. The van der Waals surface area contributed by atoms with Crippen molar-refractivity contribution >= 4 is 31.6 Å². The van der Waals surface area contributed by atoms with Crippen LogP contribution in [-0.4, -0.2) is 26.1 Å². The van der Waals surface area contributed by atoms with Gasteiger partial charge in [0.05, 0.1) is 11.3 Å². The lowest BCUT2D eigenvalue weighted by Gasteiger charge is -2.25. The highest BCUT2D eigenvalue weighted by molar-refractivity contribution is 9.09. The number of benzene rings is 1. The van der Waals surface area contributed by atoms with Crippen LogP contribution in [0.1, 0.15) is 25.8 Å². The molecule has 1 aromatic carbocycles. The van der Waals surface area contributed by atoms with Crippen molar-refractivity contribution in [3.05, 3.63) is 29.8 Å². The van der Waals surface area contributed by atoms with Gasteiger partial charge in [0.15, 0.2) is 20.1 Å². The fraction of sp³-hybridized carbons (Fsp3) is 0.462. The summed E-state index contributed by atoms with van der Waals surface area (Å²) in [7, 11) is -3.22. The molecule has 0 radical (unpaired) electrons. The maximum atomic E-state index is 11.9. The summed E-state index contributed by atoms with van der Waals surface area (Å²) in [5.74, 6) is 0.0107. The van der Waals surface area contributed by atoms with Crippen LogP contribution in [0.4, 0.5) is 0 Å². The smallest absolute Gasteiger partial charge is 0.175 e. The summed E-state index contributed by atoms with van der Waals surface area (Å²) in [4.78, 5) is 12.1. The van der Waals surface area contributed by atoms with Gasteiger partial charge in [-0.05, 0) is 47.5 Å². The minimum absolute atomic E-state index is 0.0107. The highest BCUT2D eigenvalue weighted by atomic mass is 79.9. The van der Waals surface area contributed by atoms with Gasteiger partial charge in [-0.1, -0.05) is 12.1 Å². The van der Waals surface area contributed by atoms with Crippen molar-refractivity contribution in [2.75, 3.05) is 6.26 Å². The third-order valence-corrected chi connectivity index (χ3v) is 5.22. The monoisotopic (exact) mass is 346 g/mol. The van der Waals surface area contributed by atoms with Gasteiger partial charge in [-0.15, -0.1) is 0 Å². The minimum atomic E-state index is -3.22. The Bertz CT molecular complexity index is 619. The molecule has 4 nitrogen and oxygen atoms in total. The SMILES string of the molecule is CC1(C)OC(Br)(c2ccc(S(C)(=O)=O)cc2)CC1=O. The van der Waals surface area contributed by atoms with E-state index >= 15 is 0 Å². The van der Waals surface area contributed by atoms with E-state index in [9.17, 15) is 13.2 Å². The Hall–Kier alpha value is -0.720. The molecule has 1 unspecified atom stereocenters. The highest BCUT2D eigenvalue weighted by Crippen LogP contribution is 2.46. The lowest BCUT2D eigenvalue weighted by Crippen LogP contribution is -2.28. The zero-order valence-corrected chi connectivity index (χ0v) is 13.3. The summed E-state index contributed by atoms with van der Waals surface area (Å²) < 4.78 is 27.7. The zero-order valence-electron chi connectivity index (χ0n) is 10.9. The molecule has 0 aliphatic carbocycles. The molecule has 0 amide bonds. The number of ether oxygens (including phenoxy) is 1. The molecule has 0 saturated carbocycles. The molecular weight excluding hydrogens is 332 g/mol. The zero-order chi connectivity index (χ0) is 14.5. The van der Waals surface area contributed by atoms with Gasteiger partial charge in [-0.25, -0.2) is 8.42 Å². The summed E-state index contributed by atoms with van der Waals surface area (Å²) in [6.45, 7) is 3.45. The number of carbonyl (C=O) groups is 1. The normalized spacial score (nSPS) is 26.6. The molecule has 1 aliphatic heterocycles. The van der Waals surface area contributed by atoms with Crippen LogP contribution in [0.5, 0.6) is 0 Å². The maximum Gasteiger partial charge on any atom is 0.175 e. The molecule has 0 aromatic heterocycles. The van der Waals surface area contributed by atoms with E-state index in [-0.39, 0.29) is 17.1 Å². The molecule has 1 atom stereocenters. The van der Waals surface area contributed by atoms with Gasteiger partial charge < -0.3 is 4.74 Å². The van der Waals surface area contributed by atoms with Crippen LogP contribution in [0.15, 0.2) is 29.2 Å². The first-order valence-corrected chi connectivity index (χ1v) is 8.46. The van der Waals surface area contributed by atoms with E-state index in [1.54, 1.807) is 26.0 Å². The van der Waals surface area contributed by atoms with Crippen LogP contribution in [0.25, 0.3) is 0 Å². The van der Waals surface area contributed by atoms with Crippen LogP contribution < -0.4 is 0 Å². The standard InChI is InChI=1S/C13H15BrO4S/c1-12(2)11(15)8-13(14,18-12)9-4-6-10(7-5-9)19(3,16)17/h4-7H,8H2,1-3H3. The number of hydrogen-bond acceptors (Lipinski definition) is 4. The minimum Gasteiger partial charge on any atom is -0.345 e. The summed E-state index contributed by atoms with van der Waals surface area (Å²) >= 11 is 3.45. The first-order valence-electron chi connectivity index (χ1n) is 5.78. The van der Waals surface area contributed by atoms with Crippen molar-refractivity contribution in [2.24, 2.45) is 0 Å². The van der Waals surface area contributed by atoms with E-state index < -0.39 is 19.9 Å². The molecule has 1 fully saturated rings. The van der Waals surface area contributed by atoms with E-state index in [0.29, 0.717) is 0 Å². The lowest BCUT2D eigenvalue weighted by molar-refractivity contribution is -0.130. The van der Waals surface area contributed by atoms with Crippen molar-refractivity contribution < 1.29 is 17.9 Å². The summed E-state index contributed by atoms with van der Waals surface area (Å²) in [5.41, 5.74) is -0.0993. The number of sulfone groups is 1. The number of hydrogen-bond donors (Lipinski definition) is 0. The molecular formula is C13H15BrO4S. The quantitative estimate of drug-likeness (QED) is 0.771. The van der Waals surface area contributed by atoms with Gasteiger partial charge >= 0.3 is 0 Å². The number of alkyl halides is 1. The van der Waals surface area contributed by atoms with E-state index in [2.05, 4.69) is 15.9 Å². The van der Waals surface area contributed by atoms with Gasteiger partial charge in [0.25, 0.3) is 0 Å². The molecule has 2 rings (SSSR count). The fourth-order valence-electron chi connectivity index (χ4n) is 2.03. The summed E-state index contributed by atoms with van der Waals surface area (Å²) in [6.07, 6.45) is 1.38. The fourth-order valence-corrected chi connectivity index (χ4v) is 3.58. The molecule has 19 heavy (non-hydrogen) atoms. The van der Waals surface area contributed by atoms with Gasteiger partial charge in [-0.3, -0.25) is 4.79 Å². The Morgan fingerprint density at radius 1 is 1.21 bits per heavy atom. The van der Waals surface area contributed by atoms with Crippen LogP contribution in [0, 0.1) is 0 Å². The predicted molar refractivity (Wildman–Crippen MR) is 74.9 cm³/mol. The van der Waals surface area contributed by atoms with Gasteiger partial charge in [0.2, 0.25) is 0 Å². The molecule has 0 spiro atoms. The van der Waals surface area contributed by atoms with E-state index in [1.165, 1.54) is 12.1 Å². The number of ketones is 1. The first-order chi connectivity index (χ1) is 8.55. The molecule has 104 valence electrons. The van der Waals surface area contributed by atoms with Crippen LogP contribution in [0.3, 0.4) is 0 Å². The van der Waals surface area contributed by atoms with Crippen LogP contribution >= 0.6 is 15.9 Å².